The first-order chi connectivity index (χ1) is 9.07. The van der Waals surface area contributed by atoms with Crippen LogP contribution in [-0.2, 0) is 4.79 Å². The third-order valence-electron chi connectivity index (χ3n) is 3.76. The molecule has 1 amide bonds. The molecule has 0 saturated heterocycles. The summed E-state index contributed by atoms with van der Waals surface area (Å²) in [4.78, 5) is 16.5. The lowest BCUT2D eigenvalue weighted by atomic mass is 9.96. The largest absolute Gasteiger partial charge is 0.323 e. The van der Waals surface area contributed by atoms with Gasteiger partial charge in [-0.1, -0.05) is 18.2 Å². The fourth-order valence-corrected chi connectivity index (χ4v) is 2.27. The molecule has 1 aromatic carbocycles. The summed E-state index contributed by atoms with van der Waals surface area (Å²) in [5.41, 5.74) is 6.92. The van der Waals surface area contributed by atoms with Crippen LogP contribution >= 0.6 is 0 Å². The first-order valence-corrected chi connectivity index (χ1v) is 6.52. The number of hydrogen-bond acceptors (Lipinski definition) is 3. The predicted molar refractivity (Wildman–Crippen MR) is 75.7 cm³/mol. The van der Waals surface area contributed by atoms with E-state index in [0.717, 1.165) is 23.7 Å². The molecule has 2 aromatic rings. The fourth-order valence-electron chi connectivity index (χ4n) is 2.27. The molecule has 1 saturated carbocycles. The molecule has 0 aliphatic heterocycles. The van der Waals surface area contributed by atoms with Crippen molar-refractivity contribution < 1.29 is 4.79 Å². The number of amides is 1. The topological polar surface area (TPSA) is 68.0 Å². The summed E-state index contributed by atoms with van der Waals surface area (Å²) in [7, 11) is 0. The Morgan fingerprint density at radius 1 is 1.42 bits per heavy atom. The van der Waals surface area contributed by atoms with Crippen LogP contribution in [0.3, 0.4) is 0 Å². The molecule has 1 aromatic heterocycles. The molecule has 1 heterocycles. The van der Waals surface area contributed by atoms with Gasteiger partial charge in [-0.15, -0.1) is 0 Å². The number of carbonyl (C=O) groups is 1. The van der Waals surface area contributed by atoms with Crippen LogP contribution in [0.15, 0.2) is 36.5 Å². The molecule has 4 nitrogen and oxygen atoms in total. The zero-order valence-corrected chi connectivity index (χ0v) is 10.9. The normalized spacial score (nSPS) is 18.0. The van der Waals surface area contributed by atoms with Crippen molar-refractivity contribution in [2.75, 3.05) is 5.32 Å². The van der Waals surface area contributed by atoms with Gasteiger partial charge in [0.25, 0.3) is 0 Å². The first kappa shape index (κ1) is 12.1. The van der Waals surface area contributed by atoms with Gasteiger partial charge in [0.2, 0.25) is 5.91 Å². The van der Waals surface area contributed by atoms with Gasteiger partial charge in [-0.25, -0.2) is 0 Å². The van der Waals surface area contributed by atoms with Crippen LogP contribution in [0.4, 0.5) is 5.69 Å². The number of carbonyl (C=O) groups excluding carboxylic acids is 1. The molecule has 3 N–H and O–H groups in total. The number of pyridine rings is 1. The van der Waals surface area contributed by atoms with Crippen molar-refractivity contribution in [1.29, 1.82) is 0 Å². The van der Waals surface area contributed by atoms with Gasteiger partial charge in [0, 0.05) is 5.39 Å². The summed E-state index contributed by atoms with van der Waals surface area (Å²) in [6.07, 6.45) is 3.75. The number of nitrogens with two attached hydrogens (primary N) is 1. The summed E-state index contributed by atoms with van der Waals surface area (Å²) in [6.45, 7) is 1.80. The van der Waals surface area contributed by atoms with Crippen LogP contribution in [0.1, 0.15) is 19.8 Å². The Balaban J connectivity index is 1.83. The Kier molecular flexibility index (Phi) is 2.75. The van der Waals surface area contributed by atoms with E-state index in [0.29, 0.717) is 11.6 Å². The third kappa shape index (κ3) is 2.31. The zero-order chi connectivity index (χ0) is 13.5. The van der Waals surface area contributed by atoms with Crippen molar-refractivity contribution in [3.8, 4) is 0 Å². The van der Waals surface area contributed by atoms with Crippen molar-refractivity contribution >= 4 is 22.5 Å². The number of nitrogens with one attached hydrogen (secondary N) is 1. The van der Waals surface area contributed by atoms with E-state index in [1.807, 2.05) is 30.3 Å². The second-order valence-corrected chi connectivity index (χ2v) is 5.43. The van der Waals surface area contributed by atoms with E-state index >= 15 is 0 Å². The van der Waals surface area contributed by atoms with E-state index in [2.05, 4.69) is 10.3 Å². The Hall–Kier alpha value is -1.94. The van der Waals surface area contributed by atoms with Gasteiger partial charge in [-0.3, -0.25) is 9.78 Å². The lowest BCUT2D eigenvalue weighted by Crippen LogP contribution is -2.50. The standard InChI is InChI=1S/C15H17N3O/c1-15(16,11-6-7-11)14(19)18-12-8-10-4-2-3-5-13(10)17-9-12/h2-5,8-9,11H,6-7,16H2,1H3,(H,18,19). The second kappa shape index (κ2) is 4.31. The van der Waals surface area contributed by atoms with Crippen molar-refractivity contribution in [3.63, 3.8) is 0 Å². The van der Waals surface area contributed by atoms with Gasteiger partial charge < -0.3 is 11.1 Å². The smallest absolute Gasteiger partial charge is 0.244 e. The molecule has 1 unspecified atom stereocenters. The van der Waals surface area contributed by atoms with Gasteiger partial charge in [0.05, 0.1) is 22.9 Å². The van der Waals surface area contributed by atoms with Crippen molar-refractivity contribution in [2.45, 2.75) is 25.3 Å². The highest BCUT2D eigenvalue weighted by Gasteiger charge is 2.44. The van der Waals surface area contributed by atoms with Crippen LogP contribution in [0, 0.1) is 5.92 Å². The number of hydrogen-bond donors (Lipinski definition) is 2. The van der Waals surface area contributed by atoms with Crippen LogP contribution in [0.2, 0.25) is 0 Å². The van der Waals surface area contributed by atoms with Crippen molar-refractivity contribution in [3.05, 3.63) is 36.5 Å². The molecule has 98 valence electrons. The van der Waals surface area contributed by atoms with Crippen molar-refractivity contribution in [1.82, 2.24) is 4.98 Å². The number of benzene rings is 1. The SMILES string of the molecule is CC(N)(C(=O)Nc1cnc2ccccc2c1)C1CC1. The minimum Gasteiger partial charge on any atom is -0.323 e. The molecule has 0 bridgehead atoms. The highest BCUT2D eigenvalue weighted by atomic mass is 16.2. The molecular formula is C15H17N3O. The summed E-state index contributed by atoms with van der Waals surface area (Å²) in [6, 6.07) is 9.73. The minimum absolute atomic E-state index is 0.132. The van der Waals surface area contributed by atoms with E-state index in [4.69, 9.17) is 5.73 Å². The van der Waals surface area contributed by atoms with Gasteiger partial charge in [0.1, 0.15) is 0 Å². The molecule has 1 atom stereocenters. The van der Waals surface area contributed by atoms with Crippen LogP contribution in [-0.4, -0.2) is 16.4 Å². The van der Waals surface area contributed by atoms with Gasteiger partial charge >= 0.3 is 0 Å². The minimum atomic E-state index is -0.786. The summed E-state index contributed by atoms with van der Waals surface area (Å²) >= 11 is 0. The number of anilines is 1. The number of nitrogens with zero attached hydrogens (tertiary/aromatic N) is 1. The Labute approximate surface area is 112 Å². The molecule has 1 aliphatic carbocycles. The highest BCUT2D eigenvalue weighted by Crippen LogP contribution is 2.38. The Morgan fingerprint density at radius 3 is 2.89 bits per heavy atom. The van der Waals surface area contributed by atoms with Crippen LogP contribution in [0.25, 0.3) is 10.9 Å². The maximum Gasteiger partial charge on any atom is 0.244 e. The van der Waals surface area contributed by atoms with E-state index in [-0.39, 0.29) is 5.91 Å². The first-order valence-electron chi connectivity index (χ1n) is 6.52. The molecular weight excluding hydrogens is 238 g/mol. The van der Waals surface area contributed by atoms with E-state index in [9.17, 15) is 4.79 Å². The van der Waals surface area contributed by atoms with E-state index in [1.54, 1.807) is 13.1 Å². The van der Waals surface area contributed by atoms with Crippen LogP contribution in [0.5, 0.6) is 0 Å². The number of rotatable bonds is 3. The third-order valence-corrected chi connectivity index (χ3v) is 3.76. The van der Waals surface area contributed by atoms with E-state index in [1.165, 1.54) is 0 Å². The maximum absolute atomic E-state index is 12.2. The molecule has 0 radical (unpaired) electrons. The van der Waals surface area contributed by atoms with E-state index < -0.39 is 5.54 Å². The lowest BCUT2D eigenvalue weighted by molar-refractivity contribution is -0.121. The highest BCUT2D eigenvalue weighted by molar-refractivity contribution is 5.99. The average molecular weight is 255 g/mol. The van der Waals surface area contributed by atoms with Gasteiger partial charge in [0.15, 0.2) is 0 Å². The monoisotopic (exact) mass is 255 g/mol. The zero-order valence-electron chi connectivity index (χ0n) is 10.9. The number of fused-ring (bicyclic) bond motifs is 1. The van der Waals surface area contributed by atoms with Crippen LogP contribution < -0.4 is 11.1 Å². The predicted octanol–water partition coefficient (Wildman–Crippen LogP) is 2.30. The summed E-state index contributed by atoms with van der Waals surface area (Å²) < 4.78 is 0. The van der Waals surface area contributed by atoms with Gasteiger partial charge in [-0.2, -0.15) is 0 Å². The lowest BCUT2D eigenvalue weighted by Gasteiger charge is -2.23. The molecule has 0 spiro atoms. The second-order valence-electron chi connectivity index (χ2n) is 5.43. The maximum atomic E-state index is 12.2. The molecule has 3 rings (SSSR count). The average Bonchev–Trinajstić information content (AvgIpc) is 3.23. The van der Waals surface area contributed by atoms with Crippen molar-refractivity contribution in [2.24, 2.45) is 11.7 Å². The Morgan fingerprint density at radius 2 is 2.16 bits per heavy atom. The fraction of sp³-hybridized carbons (Fsp3) is 0.333. The number of aromatic nitrogens is 1. The number of para-hydroxylation sites is 1. The quantitative estimate of drug-likeness (QED) is 0.884. The Bertz CT molecular complexity index is 632. The van der Waals surface area contributed by atoms with Gasteiger partial charge in [-0.05, 0) is 37.8 Å². The summed E-state index contributed by atoms with van der Waals surface area (Å²) in [5.74, 6) is 0.174. The summed E-state index contributed by atoms with van der Waals surface area (Å²) in [5, 5.41) is 3.87. The molecule has 4 heteroatoms. The molecule has 1 fully saturated rings. The molecule has 1 aliphatic rings. The molecule has 19 heavy (non-hydrogen) atoms.